The van der Waals surface area contributed by atoms with Crippen LogP contribution in [-0.4, -0.2) is 90.2 Å². The Labute approximate surface area is 223 Å². The first-order chi connectivity index (χ1) is 18.6. The maximum atomic E-state index is 12.8. The number of carbonyl (C=O) groups is 2. The smallest absolute Gasteiger partial charge is 0.406 e. The highest BCUT2D eigenvalue weighted by Crippen LogP contribution is 2.26. The maximum Gasteiger partial charge on any atom is 0.573 e. The Kier molecular flexibility index (Phi) is 7.76. The zero-order valence-corrected chi connectivity index (χ0v) is 21.5. The molecule has 208 valence electrons. The summed E-state index contributed by atoms with van der Waals surface area (Å²) in [7, 11) is 0. The molecule has 2 aliphatic heterocycles. The van der Waals surface area contributed by atoms with E-state index in [0.29, 0.717) is 37.3 Å². The molecule has 3 heterocycles. The molecule has 1 aromatic heterocycles. The zero-order valence-electron chi connectivity index (χ0n) is 21.5. The first kappa shape index (κ1) is 26.9. The highest BCUT2D eigenvalue weighted by atomic mass is 19.4. The van der Waals surface area contributed by atoms with Gasteiger partial charge in [-0.05, 0) is 48.9 Å². The van der Waals surface area contributed by atoms with E-state index in [4.69, 9.17) is 4.74 Å². The van der Waals surface area contributed by atoms with E-state index in [1.165, 1.54) is 12.1 Å². The van der Waals surface area contributed by atoms with Crippen LogP contribution in [0.25, 0.3) is 10.9 Å². The molecule has 2 fully saturated rings. The lowest BCUT2D eigenvalue weighted by molar-refractivity contribution is -0.274. The number of halogens is 3. The topological polar surface area (TPSA) is 88.9 Å². The number of rotatable bonds is 8. The number of hydrogen-bond acceptors (Lipinski definition) is 6. The highest BCUT2D eigenvalue weighted by Gasteiger charge is 2.33. The number of morpholine rings is 1. The summed E-state index contributed by atoms with van der Waals surface area (Å²) in [5.41, 5.74) is 2.57. The normalized spacial score (nSPS) is 16.8. The summed E-state index contributed by atoms with van der Waals surface area (Å²) < 4.78 is 48.0. The Morgan fingerprint density at radius 3 is 2.54 bits per heavy atom. The van der Waals surface area contributed by atoms with E-state index < -0.39 is 6.36 Å². The minimum absolute atomic E-state index is 0.110. The maximum absolute atomic E-state index is 12.8. The first-order valence-corrected chi connectivity index (χ1v) is 12.9. The first-order valence-electron chi connectivity index (χ1n) is 12.9. The van der Waals surface area contributed by atoms with Crippen LogP contribution in [-0.2, 0) is 11.3 Å². The summed E-state index contributed by atoms with van der Waals surface area (Å²) in [6.07, 6.45) is -2.87. The van der Waals surface area contributed by atoms with Crippen LogP contribution in [0.15, 0.2) is 42.6 Å². The van der Waals surface area contributed by atoms with Gasteiger partial charge in [0.1, 0.15) is 5.75 Å². The van der Waals surface area contributed by atoms with Crippen molar-refractivity contribution >= 4 is 22.7 Å². The van der Waals surface area contributed by atoms with E-state index in [1.807, 2.05) is 29.9 Å². The van der Waals surface area contributed by atoms with Gasteiger partial charge in [-0.2, -0.15) is 5.10 Å². The molecule has 2 amide bonds. The van der Waals surface area contributed by atoms with Crippen LogP contribution in [0.4, 0.5) is 13.2 Å². The van der Waals surface area contributed by atoms with Crippen molar-refractivity contribution in [3.63, 3.8) is 0 Å². The van der Waals surface area contributed by atoms with E-state index >= 15 is 0 Å². The Hall–Kier alpha value is -3.64. The second-order valence-electron chi connectivity index (χ2n) is 9.94. The Balaban J connectivity index is 1.13. The molecule has 0 unspecified atom stereocenters. The molecule has 0 saturated carbocycles. The third-order valence-electron chi connectivity index (χ3n) is 6.98. The van der Waals surface area contributed by atoms with E-state index in [-0.39, 0.29) is 23.5 Å². The SMILES string of the molecule is Cc1cc2nn(CC3CN(C(=O)c4ccc(OC(F)(F)F)cc4)C3)cc2cc1C(=O)NCCN1CCOCC1. The molecule has 5 rings (SSSR count). The molecule has 0 atom stereocenters. The number of ether oxygens (including phenoxy) is 2. The highest BCUT2D eigenvalue weighted by molar-refractivity contribution is 5.99. The number of aryl methyl sites for hydroxylation is 1. The molecule has 9 nitrogen and oxygen atoms in total. The molecule has 2 aromatic carbocycles. The van der Waals surface area contributed by atoms with Crippen molar-refractivity contribution in [3.8, 4) is 5.75 Å². The molecule has 1 N–H and O–H groups in total. The molecule has 12 heteroatoms. The summed E-state index contributed by atoms with van der Waals surface area (Å²) >= 11 is 0. The Morgan fingerprint density at radius 2 is 1.85 bits per heavy atom. The van der Waals surface area contributed by atoms with Gasteiger partial charge in [-0.15, -0.1) is 13.2 Å². The molecule has 0 radical (unpaired) electrons. The minimum Gasteiger partial charge on any atom is -0.406 e. The van der Waals surface area contributed by atoms with Gasteiger partial charge in [0.15, 0.2) is 0 Å². The number of benzene rings is 2. The summed E-state index contributed by atoms with van der Waals surface area (Å²) in [5.74, 6) is -0.521. The van der Waals surface area contributed by atoms with Gasteiger partial charge in [0.05, 0.1) is 18.7 Å². The number of aromatic nitrogens is 2. The number of amides is 2. The van der Waals surface area contributed by atoms with E-state index in [0.717, 1.165) is 61.4 Å². The van der Waals surface area contributed by atoms with Crippen LogP contribution in [0, 0.1) is 12.8 Å². The lowest BCUT2D eigenvalue weighted by atomic mass is 9.99. The van der Waals surface area contributed by atoms with Gasteiger partial charge in [-0.1, -0.05) is 0 Å². The van der Waals surface area contributed by atoms with Crippen molar-refractivity contribution < 1.29 is 32.2 Å². The number of fused-ring (bicyclic) bond motifs is 1. The van der Waals surface area contributed by atoms with Gasteiger partial charge in [-0.25, -0.2) is 0 Å². The molecule has 0 spiro atoms. The number of carbonyl (C=O) groups excluding carboxylic acids is 2. The number of likely N-dealkylation sites (tertiary alicyclic amines) is 1. The lowest BCUT2D eigenvalue weighted by Gasteiger charge is -2.39. The van der Waals surface area contributed by atoms with Crippen molar-refractivity contribution in [3.05, 3.63) is 59.3 Å². The second kappa shape index (κ2) is 11.2. The monoisotopic (exact) mass is 545 g/mol. The predicted molar refractivity (Wildman–Crippen MR) is 137 cm³/mol. The summed E-state index contributed by atoms with van der Waals surface area (Å²) in [6.45, 7) is 8.09. The molecule has 2 aliphatic rings. The standard InChI is InChI=1S/C27H30F3N5O4/c1-18-12-24-21(13-23(18)25(36)31-6-7-33-8-10-38-11-9-33)17-35(32-24)16-19-14-34(15-19)26(37)20-2-4-22(5-3-20)39-27(28,29)30/h2-5,12-13,17,19H,6-11,14-16H2,1H3,(H,31,36). The number of nitrogens with one attached hydrogen (secondary N) is 1. The van der Waals surface area contributed by atoms with Crippen LogP contribution in [0.3, 0.4) is 0 Å². The van der Waals surface area contributed by atoms with Crippen molar-refractivity contribution in [2.24, 2.45) is 5.92 Å². The molecular formula is C27H30F3N5O4. The fourth-order valence-corrected chi connectivity index (χ4v) is 4.91. The Morgan fingerprint density at radius 1 is 1.13 bits per heavy atom. The van der Waals surface area contributed by atoms with Crippen molar-refractivity contribution in [2.45, 2.75) is 19.8 Å². The second-order valence-corrected chi connectivity index (χ2v) is 9.94. The third kappa shape index (κ3) is 6.69. The van der Waals surface area contributed by atoms with Gasteiger partial charge >= 0.3 is 6.36 Å². The average Bonchev–Trinajstić information content (AvgIpc) is 3.26. The molecule has 2 saturated heterocycles. The fourth-order valence-electron chi connectivity index (χ4n) is 4.91. The van der Waals surface area contributed by atoms with Crippen molar-refractivity contribution in [2.75, 3.05) is 52.5 Å². The molecule has 0 aliphatic carbocycles. The largest absolute Gasteiger partial charge is 0.573 e. The summed E-state index contributed by atoms with van der Waals surface area (Å²) in [4.78, 5) is 29.4. The van der Waals surface area contributed by atoms with Gasteiger partial charge in [0, 0.05) is 74.4 Å². The summed E-state index contributed by atoms with van der Waals surface area (Å²) in [5, 5.41) is 8.52. The number of nitrogens with zero attached hydrogens (tertiary/aromatic N) is 4. The molecular weight excluding hydrogens is 515 g/mol. The van der Waals surface area contributed by atoms with Crippen molar-refractivity contribution in [1.29, 1.82) is 0 Å². The van der Waals surface area contributed by atoms with Gasteiger partial charge in [0.25, 0.3) is 11.8 Å². The van der Waals surface area contributed by atoms with Crippen LogP contribution in [0.5, 0.6) is 5.75 Å². The number of alkyl halides is 3. The van der Waals surface area contributed by atoms with Crippen LogP contribution in [0.1, 0.15) is 26.3 Å². The fraction of sp³-hybridized carbons (Fsp3) is 0.444. The predicted octanol–water partition coefficient (Wildman–Crippen LogP) is 3.08. The lowest BCUT2D eigenvalue weighted by Crippen LogP contribution is -2.51. The van der Waals surface area contributed by atoms with Crippen LogP contribution >= 0.6 is 0 Å². The van der Waals surface area contributed by atoms with Gasteiger partial charge < -0.3 is 19.7 Å². The Bertz CT molecular complexity index is 1330. The van der Waals surface area contributed by atoms with E-state index in [9.17, 15) is 22.8 Å². The van der Waals surface area contributed by atoms with Gasteiger partial charge in [0.2, 0.25) is 0 Å². The average molecular weight is 546 g/mol. The van der Waals surface area contributed by atoms with E-state index in [2.05, 4.69) is 20.1 Å². The van der Waals surface area contributed by atoms with Crippen LogP contribution in [0.2, 0.25) is 0 Å². The van der Waals surface area contributed by atoms with E-state index in [1.54, 1.807) is 4.90 Å². The molecule has 39 heavy (non-hydrogen) atoms. The zero-order chi connectivity index (χ0) is 27.6. The quantitative estimate of drug-likeness (QED) is 0.468. The van der Waals surface area contributed by atoms with Gasteiger partial charge in [-0.3, -0.25) is 19.2 Å². The minimum atomic E-state index is -4.77. The third-order valence-corrected chi connectivity index (χ3v) is 6.98. The summed E-state index contributed by atoms with van der Waals surface area (Å²) in [6, 6.07) is 8.69. The molecule has 3 aromatic rings. The van der Waals surface area contributed by atoms with Crippen LogP contribution < -0.4 is 10.1 Å². The molecule has 0 bridgehead atoms. The number of hydrogen-bond donors (Lipinski definition) is 1. The van der Waals surface area contributed by atoms with Crippen molar-refractivity contribution in [1.82, 2.24) is 24.9 Å².